The molecule has 0 spiro atoms. The van der Waals surface area contributed by atoms with E-state index in [9.17, 15) is 13.2 Å². The van der Waals surface area contributed by atoms with Crippen LogP contribution in [0.15, 0.2) is 24.3 Å². The Labute approximate surface area is 105 Å². The number of hydrogen-bond acceptors (Lipinski definition) is 0. The van der Waals surface area contributed by atoms with Gasteiger partial charge in [-0.2, -0.15) is 13.2 Å². The molecule has 0 aliphatic carbocycles. The van der Waals surface area contributed by atoms with Gasteiger partial charge in [-0.05, 0) is 30.0 Å². The molecule has 0 aromatic heterocycles. The zero-order valence-corrected chi connectivity index (χ0v) is 11.1. The molecule has 1 rings (SSSR count). The molecule has 0 radical (unpaired) electrons. The first-order valence-electron chi connectivity index (χ1n) is 5.33. The zero-order valence-electron chi connectivity index (χ0n) is 10.3. The van der Waals surface area contributed by atoms with Crippen LogP contribution in [0.4, 0.5) is 13.2 Å². The second kappa shape index (κ2) is 4.20. The van der Waals surface area contributed by atoms with E-state index in [0.29, 0.717) is 5.56 Å². The van der Waals surface area contributed by atoms with Crippen molar-refractivity contribution in [2.75, 3.05) is 0 Å². The van der Waals surface area contributed by atoms with Crippen molar-refractivity contribution >= 4 is 11.6 Å². The van der Waals surface area contributed by atoms with Gasteiger partial charge >= 0.3 is 6.18 Å². The SMILES string of the molecule is CC(C)(C)C(C)(Cl)c1ccc(C(F)(F)F)cc1. The van der Waals surface area contributed by atoms with E-state index in [1.807, 2.05) is 27.7 Å². The fraction of sp³-hybridized carbons (Fsp3) is 0.538. The van der Waals surface area contributed by atoms with Gasteiger partial charge in [-0.1, -0.05) is 32.9 Å². The van der Waals surface area contributed by atoms with Gasteiger partial charge in [0.15, 0.2) is 0 Å². The van der Waals surface area contributed by atoms with Crippen molar-refractivity contribution in [2.45, 2.75) is 38.7 Å². The number of alkyl halides is 4. The topological polar surface area (TPSA) is 0 Å². The second-order valence-corrected chi connectivity index (χ2v) is 6.08. The standard InChI is InChI=1S/C13H16ClF3/c1-11(2,3)12(4,14)9-5-7-10(8-6-9)13(15,16)17/h5-8H,1-4H3. The lowest BCUT2D eigenvalue weighted by Crippen LogP contribution is -2.31. The highest BCUT2D eigenvalue weighted by Gasteiger charge is 2.38. The largest absolute Gasteiger partial charge is 0.416 e. The van der Waals surface area contributed by atoms with Crippen molar-refractivity contribution in [3.63, 3.8) is 0 Å². The Bertz CT molecular complexity index is 383. The van der Waals surface area contributed by atoms with E-state index in [1.54, 1.807) is 0 Å². The average molecular weight is 265 g/mol. The number of rotatable bonds is 1. The van der Waals surface area contributed by atoms with Crippen LogP contribution in [0, 0.1) is 5.41 Å². The predicted molar refractivity (Wildman–Crippen MR) is 64.1 cm³/mol. The van der Waals surface area contributed by atoms with E-state index in [4.69, 9.17) is 11.6 Å². The quantitative estimate of drug-likeness (QED) is 0.611. The van der Waals surface area contributed by atoms with Crippen LogP contribution in [-0.4, -0.2) is 0 Å². The highest BCUT2D eigenvalue weighted by atomic mass is 35.5. The van der Waals surface area contributed by atoms with Crippen LogP contribution in [-0.2, 0) is 11.1 Å². The van der Waals surface area contributed by atoms with Crippen LogP contribution in [0.2, 0.25) is 0 Å². The van der Waals surface area contributed by atoms with Crippen molar-refractivity contribution in [1.29, 1.82) is 0 Å². The van der Waals surface area contributed by atoms with Crippen molar-refractivity contribution in [3.05, 3.63) is 35.4 Å². The van der Waals surface area contributed by atoms with Crippen molar-refractivity contribution < 1.29 is 13.2 Å². The van der Waals surface area contributed by atoms with Crippen LogP contribution in [0.5, 0.6) is 0 Å². The van der Waals surface area contributed by atoms with Gasteiger partial charge in [-0.15, -0.1) is 11.6 Å². The van der Waals surface area contributed by atoms with E-state index >= 15 is 0 Å². The van der Waals surface area contributed by atoms with Gasteiger partial charge in [0.25, 0.3) is 0 Å². The molecule has 1 aromatic rings. The lowest BCUT2D eigenvalue weighted by atomic mass is 9.77. The summed E-state index contributed by atoms with van der Waals surface area (Å²) in [5, 5.41) is 0. The molecule has 0 bridgehead atoms. The lowest BCUT2D eigenvalue weighted by Gasteiger charge is -2.37. The maximum Gasteiger partial charge on any atom is 0.416 e. The summed E-state index contributed by atoms with van der Waals surface area (Å²) < 4.78 is 37.3. The smallest absolute Gasteiger partial charge is 0.166 e. The first kappa shape index (κ1) is 14.4. The van der Waals surface area contributed by atoms with Crippen LogP contribution in [0.3, 0.4) is 0 Å². The second-order valence-electron chi connectivity index (χ2n) is 5.33. The number of halogens is 4. The molecule has 0 aliphatic rings. The molecule has 0 amide bonds. The minimum Gasteiger partial charge on any atom is -0.166 e. The van der Waals surface area contributed by atoms with Crippen molar-refractivity contribution in [3.8, 4) is 0 Å². The molecule has 0 fully saturated rings. The highest BCUT2D eigenvalue weighted by molar-refractivity contribution is 6.24. The fourth-order valence-corrected chi connectivity index (χ4v) is 1.53. The Balaban J connectivity index is 3.12. The third-order valence-corrected chi connectivity index (χ3v) is 3.95. The highest BCUT2D eigenvalue weighted by Crippen LogP contribution is 2.45. The first-order valence-corrected chi connectivity index (χ1v) is 5.71. The fourth-order valence-electron chi connectivity index (χ4n) is 1.41. The monoisotopic (exact) mass is 264 g/mol. The Morgan fingerprint density at radius 1 is 0.824 bits per heavy atom. The summed E-state index contributed by atoms with van der Waals surface area (Å²) in [5.41, 5.74) is -0.198. The molecule has 0 heterocycles. The van der Waals surface area contributed by atoms with Crippen LogP contribution >= 0.6 is 11.6 Å². The summed E-state index contributed by atoms with van der Waals surface area (Å²) in [6.45, 7) is 7.68. The molecule has 0 nitrogen and oxygen atoms in total. The van der Waals surface area contributed by atoms with Gasteiger partial charge in [0, 0.05) is 0 Å². The lowest BCUT2D eigenvalue weighted by molar-refractivity contribution is -0.137. The van der Waals surface area contributed by atoms with Crippen LogP contribution in [0.1, 0.15) is 38.8 Å². The minimum absolute atomic E-state index is 0.242. The van der Waals surface area contributed by atoms with Gasteiger partial charge in [0.05, 0.1) is 10.4 Å². The van der Waals surface area contributed by atoms with Crippen LogP contribution in [0.25, 0.3) is 0 Å². The summed E-state index contributed by atoms with van der Waals surface area (Å²) in [6, 6.07) is 5.03. The third kappa shape index (κ3) is 2.95. The first-order chi connectivity index (χ1) is 7.46. The zero-order chi connectivity index (χ0) is 13.5. The van der Waals surface area contributed by atoms with E-state index < -0.39 is 16.6 Å². The summed E-state index contributed by atoms with van der Waals surface area (Å²) in [5.74, 6) is 0. The Morgan fingerprint density at radius 3 is 1.47 bits per heavy atom. The summed E-state index contributed by atoms with van der Waals surface area (Å²) in [7, 11) is 0. The average Bonchev–Trinajstić information content (AvgIpc) is 2.15. The third-order valence-electron chi connectivity index (χ3n) is 3.16. The number of hydrogen-bond donors (Lipinski definition) is 0. The molecule has 0 saturated heterocycles. The summed E-state index contributed by atoms with van der Waals surface area (Å²) >= 11 is 6.42. The summed E-state index contributed by atoms with van der Waals surface area (Å²) in [6.07, 6.45) is -4.30. The Morgan fingerprint density at radius 2 is 1.18 bits per heavy atom. The molecule has 0 N–H and O–H groups in total. The Kier molecular flexibility index (Phi) is 3.55. The minimum atomic E-state index is -4.30. The molecule has 1 aromatic carbocycles. The molecule has 1 atom stereocenters. The van der Waals surface area contributed by atoms with Gasteiger partial charge in [-0.3, -0.25) is 0 Å². The van der Waals surface area contributed by atoms with Crippen LogP contribution < -0.4 is 0 Å². The molecule has 0 aliphatic heterocycles. The molecular weight excluding hydrogens is 249 g/mol. The molecule has 96 valence electrons. The molecular formula is C13H16ClF3. The van der Waals surface area contributed by atoms with E-state index in [2.05, 4.69) is 0 Å². The molecule has 0 saturated carbocycles. The predicted octanol–water partition coefficient (Wildman–Crippen LogP) is 5.21. The Hall–Kier alpha value is -0.700. The maximum absolute atomic E-state index is 12.4. The van der Waals surface area contributed by atoms with Gasteiger partial charge in [0.2, 0.25) is 0 Å². The molecule has 17 heavy (non-hydrogen) atoms. The van der Waals surface area contributed by atoms with Gasteiger partial charge in [0.1, 0.15) is 0 Å². The van der Waals surface area contributed by atoms with E-state index in [1.165, 1.54) is 12.1 Å². The van der Waals surface area contributed by atoms with Gasteiger partial charge in [-0.25, -0.2) is 0 Å². The van der Waals surface area contributed by atoms with E-state index in [-0.39, 0.29) is 5.41 Å². The normalized spacial score (nSPS) is 16.7. The summed E-state index contributed by atoms with van der Waals surface area (Å²) in [4.78, 5) is -0.697. The molecule has 1 unspecified atom stereocenters. The number of benzene rings is 1. The molecule has 4 heteroatoms. The van der Waals surface area contributed by atoms with Crippen molar-refractivity contribution in [2.24, 2.45) is 5.41 Å². The van der Waals surface area contributed by atoms with E-state index in [0.717, 1.165) is 12.1 Å². The van der Waals surface area contributed by atoms with Gasteiger partial charge < -0.3 is 0 Å². The maximum atomic E-state index is 12.4. The van der Waals surface area contributed by atoms with Crippen molar-refractivity contribution in [1.82, 2.24) is 0 Å².